The minimum Gasteiger partial charge on any atom is -0.478 e. The predicted octanol–water partition coefficient (Wildman–Crippen LogP) is 3.53. The molecule has 5 heteroatoms. The van der Waals surface area contributed by atoms with Crippen molar-refractivity contribution in [3.63, 3.8) is 0 Å². The summed E-state index contributed by atoms with van der Waals surface area (Å²) < 4.78 is 28.3. The molecule has 0 amide bonds. The van der Waals surface area contributed by atoms with Crippen molar-refractivity contribution in [1.82, 2.24) is 0 Å². The van der Waals surface area contributed by atoms with E-state index in [1.54, 1.807) is 4.90 Å². The molecule has 1 aromatic carbocycles. The Morgan fingerprint density at radius 2 is 1.80 bits per heavy atom. The first kappa shape index (κ1) is 14.8. The van der Waals surface area contributed by atoms with Crippen LogP contribution < -0.4 is 4.90 Å². The van der Waals surface area contributed by atoms with Gasteiger partial charge in [0, 0.05) is 12.6 Å². The lowest BCUT2D eigenvalue weighted by Gasteiger charge is -2.42. The number of benzene rings is 1. The van der Waals surface area contributed by atoms with Gasteiger partial charge in [-0.2, -0.15) is 0 Å². The summed E-state index contributed by atoms with van der Waals surface area (Å²) in [6.07, 6.45) is 1.02. The van der Waals surface area contributed by atoms with Crippen LogP contribution in [0, 0.1) is 23.5 Å². The first-order valence-electron chi connectivity index (χ1n) is 6.80. The summed E-state index contributed by atoms with van der Waals surface area (Å²) in [5.74, 6) is -2.27. The zero-order chi connectivity index (χ0) is 15.0. The number of hydrogen-bond donors (Lipinski definition) is 1. The molecule has 0 saturated carbocycles. The number of piperidine rings is 1. The Hall–Kier alpha value is -1.65. The van der Waals surface area contributed by atoms with Crippen LogP contribution >= 0.6 is 0 Å². The van der Waals surface area contributed by atoms with Crippen molar-refractivity contribution in [1.29, 1.82) is 0 Å². The highest BCUT2D eigenvalue weighted by Gasteiger charge is 2.32. The molecule has 110 valence electrons. The molecule has 1 N–H and O–H groups in total. The van der Waals surface area contributed by atoms with Gasteiger partial charge in [-0.05, 0) is 37.3 Å². The molecule has 2 rings (SSSR count). The Morgan fingerprint density at radius 3 is 2.30 bits per heavy atom. The van der Waals surface area contributed by atoms with Gasteiger partial charge in [0.1, 0.15) is 17.3 Å². The van der Waals surface area contributed by atoms with Crippen LogP contribution in [0.25, 0.3) is 0 Å². The van der Waals surface area contributed by atoms with Crippen LogP contribution in [0.1, 0.15) is 37.6 Å². The second kappa shape index (κ2) is 5.38. The van der Waals surface area contributed by atoms with Gasteiger partial charge < -0.3 is 10.0 Å². The van der Waals surface area contributed by atoms with Crippen molar-refractivity contribution in [2.45, 2.75) is 33.2 Å². The van der Waals surface area contributed by atoms with E-state index in [4.69, 9.17) is 5.11 Å². The van der Waals surface area contributed by atoms with E-state index < -0.39 is 17.6 Å². The van der Waals surface area contributed by atoms with Gasteiger partial charge in [-0.15, -0.1) is 0 Å². The minimum atomic E-state index is -1.33. The molecular formula is C15H19F2NO2. The Morgan fingerprint density at radius 1 is 1.25 bits per heavy atom. The van der Waals surface area contributed by atoms with Gasteiger partial charge in [-0.1, -0.05) is 13.8 Å². The Labute approximate surface area is 117 Å². The summed E-state index contributed by atoms with van der Waals surface area (Å²) in [5.41, 5.74) is -0.476. The fraction of sp³-hybridized carbons (Fsp3) is 0.533. The first-order valence-corrected chi connectivity index (χ1v) is 6.80. The van der Waals surface area contributed by atoms with Gasteiger partial charge in [-0.3, -0.25) is 0 Å². The summed E-state index contributed by atoms with van der Waals surface area (Å²) in [7, 11) is 0. The van der Waals surface area contributed by atoms with E-state index in [0.717, 1.165) is 18.6 Å². The number of rotatable bonds is 2. The molecule has 3 nitrogen and oxygen atoms in total. The van der Waals surface area contributed by atoms with Gasteiger partial charge >= 0.3 is 5.97 Å². The Balaban J connectivity index is 2.44. The summed E-state index contributed by atoms with van der Waals surface area (Å²) in [6, 6.07) is 1.79. The van der Waals surface area contributed by atoms with Crippen LogP contribution in [0.15, 0.2) is 12.1 Å². The molecular weight excluding hydrogens is 264 g/mol. The Bertz CT molecular complexity index is 510. The largest absolute Gasteiger partial charge is 0.478 e. The van der Waals surface area contributed by atoms with Crippen molar-refractivity contribution >= 4 is 11.7 Å². The van der Waals surface area contributed by atoms with Crippen LogP contribution in [-0.4, -0.2) is 23.7 Å². The first-order chi connectivity index (χ1) is 9.31. The Kier molecular flexibility index (Phi) is 3.97. The number of carbonyl (C=O) groups is 1. The monoisotopic (exact) mass is 283 g/mol. The highest BCUT2D eigenvalue weighted by molar-refractivity contribution is 5.88. The molecule has 1 aliphatic rings. The smallest absolute Gasteiger partial charge is 0.335 e. The van der Waals surface area contributed by atoms with E-state index in [2.05, 4.69) is 13.8 Å². The summed E-state index contributed by atoms with van der Waals surface area (Å²) >= 11 is 0. The van der Waals surface area contributed by atoms with Gasteiger partial charge in [0.2, 0.25) is 0 Å². The van der Waals surface area contributed by atoms with Crippen LogP contribution in [0.4, 0.5) is 14.5 Å². The fourth-order valence-electron chi connectivity index (χ4n) is 2.97. The maximum Gasteiger partial charge on any atom is 0.335 e. The topological polar surface area (TPSA) is 40.5 Å². The predicted molar refractivity (Wildman–Crippen MR) is 73.1 cm³/mol. The molecule has 1 aromatic rings. The number of nitrogens with zero attached hydrogens (tertiary/aromatic N) is 1. The second-order valence-electron chi connectivity index (χ2n) is 5.80. The van der Waals surface area contributed by atoms with Crippen LogP contribution in [0.2, 0.25) is 0 Å². The SMILES string of the molecule is CC1CC(C)C(C)N(c2c(F)cc(C(=O)O)cc2F)C1. The minimum absolute atomic E-state index is 0.0193. The van der Waals surface area contributed by atoms with Crippen molar-refractivity contribution in [3.05, 3.63) is 29.3 Å². The molecule has 20 heavy (non-hydrogen) atoms. The molecule has 0 aliphatic carbocycles. The quantitative estimate of drug-likeness (QED) is 0.902. The highest BCUT2D eigenvalue weighted by Crippen LogP contribution is 2.34. The maximum absolute atomic E-state index is 14.1. The molecule has 3 unspecified atom stereocenters. The average molecular weight is 283 g/mol. The van der Waals surface area contributed by atoms with Gasteiger partial charge in [0.15, 0.2) is 0 Å². The molecule has 1 heterocycles. The molecule has 0 bridgehead atoms. The number of anilines is 1. The second-order valence-corrected chi connectivity index (χ2v) is 5.80. The van der Waals surface area contributed by atoms with E-state index in [-0.39, 0.29) is 17.3 Å². The average Bonchev–Trinajstić information content (AvgIpc) is 2.33. The summed E-state index contributed by atoms with van der Waals surface area (Å²) in [4.78, 5) is 12.5. The molecule has 3 atom stereocenters. The lowest BCUT2D eigenvalue weighted by atomic mass is 9.85. The third-order valence-corrected chi connectivity index (χ3v) is 4.15. The van der Waals surface area contributed by atoms with Crippen molar-refractivity contribution in [2.75, 3.05) is 11.4 Å². The lowest BCUT2D eigenvalue weighted by Crippen LogP contribution is -2.46. The van der Waals surface area contributed by atoms with Gasteiger partial charge in [0.05, 0.1) is 5.56 Å². The highest BCUT2D eigenvalue weighted by atomic mass is 19.1. The molecule has 1 aliphatic heterocycles. The lowest BCUT2D eigenvalue weighted by molar-refractivity contribution is 0.0695. The maximum atomic E-state index is 14.1. The fourth-order valence-corrected chi connectivity index (χ4v) is 2.97. The molecule has 0 spiro atoms. The number of hydrogen-bond acceptors (Lipinski definition) is 2. The zero-order valence-corrected chi connectivity index (χ0v) is 11.9. The van der Waals surface area contributed by atoms with Crippen LogP contribution in [0.3, 0.4) is 0 Å². The van der Waals surface area contributed by atoms with Crippen LogP contribution in [0.5, 0.6) is 0 Å². The molecule has 1 fully saturated rings. The van der Waals surface area contributed by atoms with Crippen molar-refractivity contribution in [3.8, 4) is 0 Å². The zero-order valence-electron chi connectivity index (χ0n) is 11.9. The normalized spacial score (nSPS) is 26.6. The summed E-state index contributed by atoms with van der Waals surface area (Å²) in [5, 5.41) is 8.82. The van der Waals surface area contributed by atoms with Gasteiger partial charge in [-0.25, -0.2) is 13.6 Å². The van der Waals surface area contributed by atoms with E-state index in [1.807, 2.05) is 6.92 Å². The number of halogens is 2. The number of aromatic carboxylic acids is 1. The molecule has 0 aromatic heterocycles. The van der Waals surface area contributed by atoms with E-state index in [0.29, 0.717) is 18.4 Å². The van der Waals surface area contributed by atoms with Crippen molar-refractivity contribution < 1.29 is 18.7 Å². The number of carboxylic acids is 1. The van der Waals surface area contributed by atoms with Crippen molar-refractivity contribution in [2.24, 2.45) is 11.8 Å². The van der Waals surface area contributed by atoms with E-state index >= 15 is 0 Å². The summed E-state index contributed by atoms with van der Waals surface area (Å²) in [6.45, 7) is 6.64. The van der Waals surface area contributed by atoms with Gasteiger partial charge in [0.25, 0.3) is 0 Å². The third kappa shape index (κ3) is 2.62. The molecule has 0 radical (unpaired) electrons. The standard InChI is InChI=1S/C15H19F2NO2/c1-8-4-9(2)10(3)18(7-8)14-12(16)5-11(15(19)20)6-13(14)17/h5-6,8-10H,4,7H2,1-3H3,(H,19,20). The van der Waals surface area contributed by atoms with E-state index in [9.17, 15) is 13.6 Å². The van der Waals surface area contributed by atoms with E-state index in [1.165, 1.54) is 0 Å². The van der Waals surface area contributed by atoms with Crippen LogP contribution in [-0.2, 0) is 0 Å². The molecule has 1 saturated heterocycles. The number of carboxylic acid groups (broad SMARTS) is 1. The third-order valence-electron chi connectivity index (χ3n) is 4.15.